The first-order chi connectivity index (χ1) is 11.1. The van der Waals surface area contributed by atoms with Gasteiger partial charge in [0.25, 0.3) is 5.91 Å². The molecular formula is C19H23NO2S. The Morgan fingerprint density at radius 3 is 2.57 bits per heavy atom. The summed E-state index contributed by atoms with van der Waals surface area (Å²) < 4.78 is 5.60. The van der Waals surface area contributed by atoms with E-state index < -0.39 is 0 Å². The van der Waals surface area contributed by atoms with E-state index in [1.54, 1.807) is 11.8 Å². The summed E-state index contributed by atoms with van der Waals surface area (Å²) in [6, 6.07) is 15.5. The van der Waals surface area contributed by atoms with Crippen molar-refractivity contribution in [2.24, 2.45) is 0 Å². The lowest BCUT2D eigenvalue weighted by molar-refractivity contribution is 0.0947. The van der Waals surface area contributed by atoms with Crippen LogP contribution < -0.4 is 10.1 Å². The van der Waals surface area contributed by atoms with Crippen molar-refractivity contribution in [1.29, 1.82) is 0 Å². The number of hydrogen-bond donors (Lipinski definition) is 1. The number of benzene rings is 2. The SMILES string of the molecule is CCOc1ccccc1CNC(=O)c1ccccc1SC(C)C. The topological polar surface area (TPSA) is 38.3 Å². The van der Waals surface area contributed by atoms with Crippen LogP contribution in [0.5, 0.6) is 5.75 Å². The van der Waals surface area contributed by atoms with Crippen molar-refractivity contribution < 1.29 is 9.53 Å². The predicted octanol–water partition coefficient (Wildman–Crippen LogP) is 4.52. The number of carbonyl (C=O) groups excluding carboxylic acids is 1. The number of nitrogens with one attached hydrogen (secondary N) is 1. The van der Waals surface area contributed by atoms with Gasteiger partial charge < -0.3 is 10.1 Å². The van der Waals surface area contributed by atoms with Crippen LogP contribution in [-0.4, -0.2) is 17.8 Å². The Morgan fingerprint density at radius 1 is 1.13 bits per heavy atom. The molecule has 122 valence electrons. The maximum absolute atomic E-state index is 12.5. The van der Waals surface area contributed by atoms with E-state index in [1.165, 1.54) is 0 Å². The van der Waals surface area contributed by atoms with Crippen LogP contribution in [0.4, 0.5) is 0 Å². The standard InChI is InChI=1S/C19H23NO2S/c1-4-22-17-11-7-5-9-15(17)13-20-19(21)16-10-6-8-12-18(16)23-14(2)3/h5-12,14H,4,13H2,1-3H3,(H,20,21). The summed E-state index contributed by atoms with van der Waals surface area (Å²) in [7, 11) is 0. The number of para-hydroxylation sites is 1. The van der Waals surface area contributed by atoms with Gasteiger partial charge in [-0.25, -0.2) is 0 Å². The van der Waals surface area contributed by atoms with Gasteiger partial charge in [0.05, 0.1) is 12.2 Å². The molecule has 0 aliphatic heterocycles. The highest BCUT2D eigenvalue weighted by Gasteiger charge is 2.13. The number of rotatable bonds is 7. The normalized spacial score (nSPS) is 10.6. The maximum atomic E-state index is 12.5. The molecule has 23 heavy (non-hydrogen) atoms. The Morgan fingerprint density at radius 2 is 1.83 bits per heavy atom. The Labute approximate surface area is 142 Å². The van der Waals surface area contributed by atoms with Gasteiger partial charge in [0.1, 0.15) is 5.75 Å². The Hall–Kier alpha value is -1.94. The molecule has 0 aromatic heterocycles. The van der Waals surface area contributed by atoms with E-state index in [4.69, 9.17) is 4.74 Å². The van der Waals surface area contributed by atoms with Crippen LogP contribution >= 0.6 is 11.8 Å². The van der Waals surface area contributed by atoms with Crippen LogP contribution in [0, 0.1) is 0 Å². The lowest BCUT2D eigenvalue weighted by Gasteiger charge is -2.13. The van der Waals surface area contributed by atoms with Crippen molar-refractivity contribution in [2.75, 3.05) is 6.61 Å². The highest BCUT2D eigenvalue weighted by molar-refractivity contribution is 8.00. The fourth-order valence-electron chi connectivity index (χ4n) is 2.23. The molecule has 1 N–H and O–H groups in total. The van der Waals surface area contributed by atoms with Crippen LogP contribution in [0.2, 0.25) is 0 Å². The lowest BCUT2D eigenvalue weighted by atomic mass is 10.1. The third-order valence-corrected chi connectivity index (χ3v) is 4.29. The van der Waals surface area contributed by atoms with Gasteiger partial charge in [-0.2, -0.15) is 0 Å². The maximum Gasteiger partial charge on any atom is 0.252 e. The molecule has 0 fully saturated rings. The molecule has 2 aromatic rings. The molecule has 0 bridgehead atoms. The van der Waals surface area contributed by atoms with Gasteiger partial charge in [-0.3, -0.25) is 4.79 Å². The quantitative estimate of drug-likeness (QED) is 0.759. The second-order valence-corrected chi connectivity index (χ2v) is 7.00. The second-order valence-electron chi connectivity index (χ2n) is 5.39. The first kappa shape index (κ1) is 17.4. The van der Waals surface area contributed by atoms with E-state index >= 15 is 0 Å². The molecule has 1 amide bonds. The zero-order valence-corrected chi connectivity index (χ0v) is 14.7. The van der Waals surface area contributed by atoms with Gasteiger partial charge in [-0.1, -0.05) is 44.2 Å². The second kappa shape index (κ2) is 8.63. The van der Waals surface area contributed by atoms with Crippen molar-refractivity contribution in [3.63, 3.8) is 0 Å². The monoisotopic (exact) mass is 329 g/mol. The van der Waals surface area contributed by atoms with Crippen LogP contribution in [0.25, 0.3) is 0 Å². The lowest BCUT2D eigenvalue weighted by Crippen LogP contribution is -2.23. The van der Waals surface area contributed by atoms with Crippen molar-refractivity contribution in [3.8, 4) is 5.75 Å². The van der Waals surface area contributed by atoms with Crippen molar-refractivity contribution in [3.05, 3.63) is 59.7 Å². The number of ether oxygens (including phenoxy) is 1. The molecule has 0 heterocycles. The number of hydrogen-bond acceptors (Lipinski definition) is 3. The van der Waals surface area contributed by atoms with Gasteiger partial charge in [-0.05, 0) is 25.1 Å². The summed E-state index contributed by atoms with van der Waals surface area (Å²) in [6.45, 7) is 7.26. The Kier molecular flexibility index (Phi) is 6.53. The summed E-state index contributed by atoms with van der Waals surface area (Å²) in [5.41, 5.74) is 1.71. The first-order valence-electron chi connectivity index (χ1n) is 7.86. The minimum absolute atomic E-state index is 0.0555. The summed E-state index contributed by atoms with van der Waals surface area (Å²) in [5.74, 6) is 0.764. The van der Waals surface area contributed by atoms with Gasteiger partial charge in [0.2, 0.25) is 0 Å². The zero-order chi connectivity index (χ0) is 16.7. The summed E-state index contributed by atoms with van der Waals surface area (Å²) in [4.78, 5) is 13.5. The molecule has 0 spiro atoms. The molecule has 2 aromatic carbocycles. The van der Waals surface area contributed by atoms with E-state index in [2.05, 4.69) is 19.2 Å². The van der Waals surface area contributed by atoms with E-state index in [0.717, 1.165) is 21.8 Å². The first-order valence-corrected chi connectivity index (χ1v) is 8.74. The molecular weight excluding hydrogens is 306 g/mol. The molecule has 0 unspecified atom stereocenters. The van der Waals surface area contributed by atoms with E-state index in [9.17, 15) is 4.79 Å². The highest BCUT2D eigenvalue weighted by atomic mass is 32.2. The molecule has 0 saturated carbocycles. The minimum atomic E-state index is -0.0555. The van der Waals surface area contributed by atoms with Gasteiger partial charge >= 0.3 is 0 Å². The largest absolute Gasteiger partial charge is 0.494 e. The Bertz CT molecular complexity index is 655. The summed E-state index contributed by atoms with van der Waals surface area (Å²) in [6.07, 6.45) is 0. The molecule has 3 nitrogen and oxygen atoms in total. The molecule has 2 rings (SSSR count). The third kappa shape index (κ3) is 5.03. The smallest absolute Gasteiger partial charge is 0.252 e. The highest BCUT2D eigenvalue weighted by Crippen LogP contribution is 2.26. The zero-order valence-electron chi connectivity index (χ0n) is 13.8. The molecule has 0 radical (unpaired) electrons. The van der Waals surface area contributed by atoms with Crippen molar-refractivity contribution in [1.82, 2.24) is 5.32 Å². The summed E-state index contributed by atoms with van der Waals surface area (Å²) in [5, 5.41) is 3.43. The van der Waals surface area contributed by atoms with Crippen molar-refractivity contribution in [2.45, 2.75) is 37.5 Å². The number of thioether (sulfide) groups is 1. The van der Waals surface area contributed by atoms with Crippen LogP contribution in [0.1, 0.15) is 36.7 Å². The van der Waals surface area contributed by atoms with E-state index in [-0.39, 0.29) is 5.91 Å². The average Bonchev–Trinajstić information content (AvgIpc) is 2.54. The fraction of sp³-hybridized carbons (Fsp3) is 0.316. The molecule has 0 aliphatic carbocycles. The van der Waals surface area contributed by atoms with E-state index in [0.29, 0.717) is 18.4 Å². The predicted molar refractivity (Wildman–Crippen MR) is 96.2 cm³/mol. The van der Waals surface area contributed by atoms with Crippen LogP contribution in [-0.2, 0) is 6.54 Å². The molecule has 0 atom stereocenters. The summed E-state index contributed by atoms with van der Waals surface area (Å²) >= 11 is 1.70. The Balaban J connectivity index is 2.09. The molecule has 0 aliphatic rings. The van der Waals surface area contributed by atoms with Crippen LogP contribution in [0.15, 0.2) is 53.4 Å². The number of amides is 1. The van der Waals surface area contributed by atoms with Gasteiger partial charge in [0.15, 0.2) is 0 Å². The average molecular weight is 329 g/mol. The third-order valence-electron chi connectivity index (χ3n) is 3.21. The van der Waals surface area contributed by atoms with Crippen LogP contribution in [0.3, 0.4) is 0 Å². The molecule has 0 saturated heterocycles. The van der Waals surface area contributed by atoms with Crippen molar-refractivity contribution >= 4 is 17.7 Å². The fourth-order valence-corrected chi connectivity index (χ4v) is 3.18. The van der Waals surface area contributed by atoms with Gasteiger partial charge in [0, 0.05) is 22.3 Å². The minimum Gasteiger partial charge on any atom is -0.494 e. The van der Waals surface area contributed by atoms with E-state index in [1.807, 2.05) is 55.5 Å². The molecule has 4 heteroatoms. The van der Waals surface area contributed by atoms with Gasteiger partial charge in [-0.15, -0.1) is 11.8 Å². The number of carbonyl (C=O) groups is 1.